The lowest BCUT2D eigenvalue weighted by atomic mass is 9.97. The summed E-state index contributed by atoms with van der Waals surface area (Å²) in [5.41, 5.74) is 5.76. The van der Waals surface area contributed by atoms with E-state index in [1.165, 1.54) is 16.8 Å². The standard InChI is InChI=1S/C21H23N5S/c1-13-8-10-23-18(11-13)26-14(2)12-16(15(26)3)20-19(24-21(27)25(20)4)17-7-5-6-9-22-17/h5-12,19-20H,1-4H3,(H,24,27)/t19-,20+/m0/s1. The summed E-state index contributed by atoms with van der Waals surface area (Å²) < 4.78 is 2.22. The minimum absolute atomic E-state index is 0.0168. The molecule has 1 fully saturated rings. The number of pyridine rings is 2. The molecule has 3 aromatic rings. The first-order valence-corrected chi connectivity index (χ1v) is 9.44. The third-order valence-electron chi connectivity index (χ3n) is 5.26. The molecular weight excluding hydrogens is 354 g/mol. The molecule has 3 aromatic heterocycles. The van der Waals surface area contributed by atoms with E-state index in [0.29, 0.717) is 0 Å². The maximum Gasteiger partial charge on any atom is 0.169 e. The summed E-state index contributed by atoms with van der Waals surface area (Å²) in [6, 6.07) is 12.5. The highest BCUT2D eigenvalue weighted by atomic mass is 32.1. The summed E-state index contributed by atoms with van der Waals surface area (Å²) in [6.45, 7) is 6.36. The average Bonchev–Trinajstić information content (AvgIpc) is 3.11. The molecule has 0 radical (unpaired) electrons. The Balaban J connectivity index is 1.82. The van der Waals surface area contributed by atoms with E-state index in [4.69, 9.17) is 12.2 Å². The van der Waals surface area contributed by atoms with Gasteiger partial charge in [-0.25, -0.2) is 4.98 Å². The van der Waals surface area contributed by atoms with Crippen LogP contribution in [0.2, 0.25) is 0 Å². The van der Waals surface area contributed by atoms with Gasteiger partial charge in [-0.2, -0.15) is 0 Å². The molecule has 4 heterocycles. The number of aromatic nitrogens is 3. The Morgan fingerprint density at radius 1 is 1.04 bits per heavy atom. The summed E-state index contributed by atoms with van der Waals surface area (Å²) in [5.74, 6) is 0.946. The van der Waals surface area contributed by atoms with Gasteiger partial charge in [-0.05, 0) is 74.4 Å². The molecule has 0 bridgehead atoms. The Kier molecular flexibility index (Phi) is 4.44. The smallest absolute Gasteiger partial charge is 0.169 e. The minimum Gasteiger partial charge on any atom is -0.352 e. The van der Waals surface area contributed by atoms with E-state index in [9.17, 15) is 0 Å². The number of likely N-dealkylation sites (N-methyl/N-ethyl adjacent to an activating group) is 1. The Morgan fingerprint density at radius 3 is 2.56 bits per heavy atom. The van der Waals surface area contributed by atoms with Gasteiger partial charge in [-0.3, -0.25) is 4.98 Å². The van der Waals surface area contributed by atoms with E-state index < -0.39 is 0 Å². The SMILES string of the molecule is Cc1ccnc(-n2c(C)cc([C@@H]3[C@H](c4ccccn4)NC(=S)N3C)c2C)c1. The van der Waals surface area contributed by atoms with Gasteiger partial charge in [0.15, 0.2) is 5.11 Å². The highest BCUT2D eigenvalue weighted by Crippen LogP contribution is 2.40. The fraction of sp³-hybridized carbons (Fsp3) is 0.286. The van der Waals surface area contributed by atoms with Crippen LogP contribution in [-0.4, -0.2) is 31.6 Å². The second-order valence-electron chi connectivity index (χ2n) is 7.09. The summed E-state index contributed by atoms with van der Waals surface area (Å²) in [7, 11) is 2.04. The van der Waals surface area contributed by atoms with Gasteiger partial charge in [0.25, 0.3) is 0 Å². The molecule has 1 saturated heterocycles. The molecule has 0 aromatic carbocycles. The Morgan fingerprint density at radius 2 is 1.85 bits per heavy atom. The molecule has 0 unspecified atom stereocenters. The Hall–Kier alpha value is -2.73. The fourth-order valence-corrected chi connectivity index (χ4v) is 4.17. The molecule has 1 aliphatic heterocycles. The van der Waals surface area contributed by atoms with Crippen molar-refractivity contribution in [3.8, 4) is 5.82 Å². The topological polar surface area (TPSA) is 46.0 Å². The van der Waals surface area contributed by atoms with Crippen LogP contribution in [-0.2, 0) is 0 Å². The van der Waals surface area contributed by atoms with Gasteiger partial charge in [0, 0.05) is 30.8 Å². The van der Waals surface area contributed by atoms with Gasteiger partial charge in [0.2, 0.25) is 0 Å². The summed E-state index contributed by atoms with van der Waals surface area (Å²) >= 11 is 5.56. The van der Waals surface area contributed by atoms with E-state index in [0.717, 1.165) is 22.3 Å². The van der Waals surface area contributed by atoms with Gasteiger partial charge < -0.3 is 14.8 Å². The molecule has 2 atom stereocenters. The molecule has 6 heteroatoms. The first kappa shape index (κ1) is 17.7. The molecule has 0 amide bonds. The van der Waals surface area contributed by atoms with Crippen LogP contribution in [0.4, 0.5) is 0 Å². The highest BCUT2D eigenvalue weighted by Gasteiger charge is 2.39. The number of nitrogens with zero attached hydrogens (tertiary/aromatic N) is 4. The number of hydrogen-bond acceptors (Lipinski definition) is 3. The van der Waals surface area contributed by atoms with Crippen molar-refractivity contribution in [1.29, 1.82) is 0 Å². The molecule has 5 nitrogen and oxygen atoms in total. The number of thiocarbonyl (C=S) groups is 1. The second-order valence-corrected chi connectivity index (χ2v) is 7.48. The molecule has 0 aliphatic carbocycles. The number of aryl methyl sites for hydroxylation is 2. The van der Waals surface area contributed by atoms with Crippen LogP contribution < -0.4 is 5.32 Å². The van der Waals surface area contributed by atoms with Crippen LogP contribution in [0.5, 0.6) is 0 Å². The van der Waals surface area contributed by atoms with E-state index in [-0.39, 0.29) is 12.1 Å². The van der Waals surface area contributed by atoms with Gasteiger partial charge in [-0.1, -0.05) is 6.07 Å². The number of nitrogens with one attached hydrogen (secondary N) is 1. The predicted molar refractivity (Wildman–Crippen MR) is 111 cm³/mol. The highest BCUT2D eigenvalue weighted by molar-refractivity contribution is 7.80. The van der Waals surface area contributed by atoms with Gasteiger partial charge >= 0.3 is 0 Å². The molecule has 27 heavy (non-hydrogen) atoms. The zero-order valence-corrected chi connectivity index (χ0v) is 16.8. The van der Waals surface area contributed by atoms with E-state index in [2.05, 4.69) is 57.7 Å². The molecule has 1 N–H and O–H groups in total. The van der Waals surface area contributed by atoms with Crippen LogP contribution in [0.15, 0.2) is 48.8 Å². The molecule has 138 valence electrons. The van der Waals surface area contributed by atoms with Crippen LogP contribution in [0.1, 0.15) is 40.3 Å². The van der Waals surface area contributed by atoms with Gasteiger partial charge in [0.05, 0.1) is 17.8 Å². The predicted octanol–water partition coefficient (Wildman–Crippen LogP) is 3.79. The second kappa shape index (κ2) is 6.78. The Bertz CT molecular complexity index is 995. The zero-order chi connectivity index (χ0) is 19.1. The van der Waals surface area contributed by atoms with Crippen molar-refractivity contribution in [2.75, 3.05) is 7.05 Å². The summed E-state index contributed by atoms with van der Waals surface area (Å²) in [6.07, 6.45) is 3.69. The monoisotopic (exact) mass is 377 g/mol. The largest absolute Gasteiger partial charge is 0.352 e. The first-order valence-electron chi connectivity index (χ1n) is 9.03. The van der Waals surface area contributed by atoms with Gasteiger partial charge in [-0.15, -0.1) is 0 Å². The lowest BCUT2D eigenvalue weighted by molar-refractivity contribution is 0.367. The van der Waals surface area contributed by atoms with Crippen molar-refractivity contribution in [3.63, 3.8) is 0 Å². The van der Waals surface area contributed by atoms with Gasteiger partial charge in [0.1, 0.15) is 5.82 Å². The molecule has 0 spiro atoms. The normalized spacial score (nSPS) is 19.4. The van der Waals surface area contributed by atoms with Crippen molar-refractivity contribution < 1.29 is 0 Å². The van der Waals surface area contributed by atoms with Crippen molar-refractivity contribution in [3.05, 3.63) is 77.0 Å². The molecule has 4 rings (SSSR count). The first-order chi connectivity index (χ1) is 13.0. The fourth-order valence-electron chi connectivity index (χ4n) is 3.93. The van der Waals surface area contributed by atoms with Crippen molar-refractivity contribution in [1.82, 2.24) is 24.8 Å². The zero-order valence-electron chi connectivity index (χ0n) is 16.0. The van der Waals surface area contributed by atoms with Crippen molar-refractivity contribution in [2.45, 2.75) is 32.9 Å². The van der Waals surface area contributed by atoms with E-state index >= 15 is 0 Å². The van der Waals surface area contributed by atoms with Crippen LogP contribution in [0, 0.1) is 20.8 Å². The van der Waals surface area contributed by atoms with E-state index in [1.807, 2.05) is 43.7 Å². The lowest BCUT2D eigenvalue weighted by Gasteiger charge is -2.24. The maximum absolute atomic E-state index is 5.56. The van der Waals surface area contributed by atoms with Crippen molar-refractivity contribution >= 4 is 17.3 Å². The third-order valence-corrected chi connectivity index (χ3v) is 5.66. The van der Waals surface area contributed by atoms with Crippen LogP contribution in [0.3, 0.4) is 0 Å². The molecular formula is C21H23N5S. The average molecular weight is 378 g/mol. The van der Waals surface area contributed by atoms with Crippen LogP contribution >= 0.6 is 12.2 Å². The van der Waals surface area contributed by atoms with E-state index in [1.54, 1.807) is 0 Å². The van der Waals surface area contributed by atoms with Crippen LogP contribution in [0.25, 0.3) is 5.82 Å². The Labute approximate surface area is 165 Å². The lowest BCUT2D eigenvalue weighted by Crippen LogP contribution is -2.25. The number of hydrogen-bond donors (Lipinski definition) is 1. The summed E-state index contributed by atoms with van der Waals surface area (Å²) in [5, 5.41) is 4.19. The summed E-state index contributed by atoms with van der Waals surface area (Å²) in [4.78, 5) is 11.3. The van der Waals surface area contributed by atoms with Crippen molar-refractivity contribution in [2.24, 2.45) is 0 Å². The minimum atomic E-state index is 0.0168. The quantitative estimate of drug-likeness (QED) is 0.704. The number of rotatable bonds is 3. The molecule has 0 saturated carbocycles. The maximum atomic E-state index is 5.56. The molecule has 1 aliphatic rings. The third kappa shape index (κ3) is 3.00.